The average Bonchev–Trinajstić information content (AvgIpc) is 2.49. The SMILES string of the molecule is O=C1C=COC(Cc2ccccc2)(Cc2ccccc2)C1. The second kappa shape index (κ2) is 5.96. The molecule has 21 heavy (non-hydrogen) atoms. The van der Waals surface area contributed by atoms with Gasteiger partial charge < -0.3 is 4.74 Å². The summed E-state index contributed by atoms with van der Waals surface area (Å²) in [6.07, 6.45) is 4.97. The topological polar surface area (TPSA) is 26.3 Å². The highest BCUT2D eigenvalue weighted by Gasteiger charge is 2.36. The van der Waals surface area contributed by atoms with Crippen molar-refractivity contribution in [2.45, 2.75) is 24.9 Å². The third-order valence-corrected chi connectivity index (χ3v) is 3.81. The molecule has 0 saturated carbocycles. The number of carbonyl (C=O) groups excluding carboxylic acids is 1. The Morgan fingerprint density at radius 2 is 1.38 bits per heavy atom. The summed E-state index contributed by atoms with van der Waals surface area (Å²) in [5.74, 6) is 0.133. The minimum absolute atomic E-state index is 0.133. The Morgan fingerprint density at radius 3 is 1.86 bits per heavy atom. The van der Waals surface area contributed by atoms with Crippen LogP contribution in [-0.4, -0.2) is 11.4 Å². The van der Waals surface area contributed by atoms with Crippen LogP contribution < -0.4 is 0 Å². The van der Waals surface area contributed by atoms with Crippen molar-refractivity contribution >= 4 is 5.78 Å². The molecule has 3 rings (SSSR count). The van der Waals surface area contributed by atoms with Crippen LogP contribution in [0.25, 0.3) is 0 Å². The van der Waals surface area contributed by atoms with Crippen LogP contribution in [-0.2, 0) is 22.4 Å². The van der Waals surface area contributed by atoms with E-state index in [2.05, 4.69) is 24.3 Å². The number of rotatable bonds is 4. The Hall–Kier alpha value is -2.35. The van der Waals surface area contributed by atoms with Crippen LogP contribution in [0.5, 0.6) is 0 Å². The van der Waals surface area contributed by atoms with Gasteiger partial charge in [0, 0.05) is 18.9 Å². The van der Waals surface area contributed by atoms with Crippen molar-refractivity contribution in [3.63, 3.8) is 0 Å². The lowest BCUT2D eigenvalue weighted by Crippen LogP contribution is -2.40. The minimum Gasteiger partial charge on any atom is -0.494 e. The largest absolute Gasteiger partial charge is 0.494 e. The Balaban J connectivity index is 1.88. The Labute approximate surface area is 125 Å². The molecule has 1 aliphatic rings. The van der Waals surface area contributed by atoms with Crippen molar-refractivity contribution in [1.29, 1.82) is 0 Å². The summed E-state index contributed by atoms with van der Waals surface area (Å²) in [5.41, 5.74) is 1.90. The lowest BCUT2D eigenvalue weighted by molar-refractivity contribution is -0.122. The zero-order valence-corrected chi connectivity index (χ0v) is 11.9. The monoisotopic (exact) mass is 278 g/mol. The fourth-order valence-corrected chi connectivity index (χ4v) is 2.88. The van der Waals surface area contributed by atoms with E-state index in [1.54, 1.807) is 6.26 Å². The van der Waals surface area contributed by atoms with Crippen LogP contribution in [0.3, 0.4) is 0 Å². The number of benzene rings is 2. The lowest BCUT2D eigenvalue weighted by atomic mass is 9.83. The number of hydrogen-bond donors (Lipinski definition) is 0. The summed E-state index contributed by atoms with van der Waals surface area (Å²) in [6, 6.07) is 20.4. The molecule has 0 radical (unpaired) electrons. The lowest BCUT2D eigenvalue weighted by Gasteiger charge is -2.35. The first-order chi connectivity index (χ1) is 10.3. The predicted octanol–water partition coefficient (Wildman–Crippen LogP) is 3.71. The molecule has 0 amide bonds. The van der Waals surface area contributed by atoms with Gasteiger partial charge in [-0.25, -0.2) is 0 Å². The van der Waals surface area contributed by atoms with Crippen molar-refractivity contribution in [2.24, 2.45) is 0 Å². The van der Waals surface area contributed by atoms with Crippen LogP contribution in [0.4, 0.5) is 0 Å². The van der Waals surface area contributed by atoms with Gasteiger partial charge in [-0.3, -0.25) is 4.79 Å². The molecule has 0 bridgehead atoms. The summed E-state index contributed by atoms with van der Waals surface area (Å²) in [7, 11) is 0. The first-order valence-electron chi connectivity index (χ1n) is 7.21. The molecule has 0 N–H and O–H groups in total. The highest BCUT2D eigenvalue weighted by atomic mass is 16.5. The van der Waals surface area contributed by atoms with Gasteiger partial charge >= 0.3 is 0 Å². The van der Waals surface area contributed by atoms with Gasteiger partial charge in [0.1, 0.15) is 5.60 Å². The second-order valence-corrected chi connectivity index (χ2v) is 5.57. The van der Waals surface area contributed by atoms with Crippen molar-refractivity contribution < 1.29 is 9.53 Å². The van der Waals surface area contributed by atoms with Crippen LogP contribution in [0.15, 0.2) is 73.0 Å². The van der Waals surface area contributed by atoms with E-state index in [0.717, 1.165) is 12.8 Å². The maximum atomic E-state index is 11.9. The third kappa shape index (κ3) is 3.40. The third-order valence-electron chi connectivity index (χ3n) is 3.81. The van der Waals surface area contributed by atoms with E-state index in [1.807, 2.05) is 36.4 Å². The van der Waals surface area contributed by atoms with E-state index in [-0.39, 0.29) is 5.78 Å². The summed E-state index contributed by atoms with van der Waals surface area (Å²) < 4.78 is 5.94. The second-order valence-electron chi connectivity index (χ2n) is 5.57. The molecule has 0 aliphatic carbocycles. The first kappa shape index (κ1) is 13.6. The quantitative estimate of drug-likeness (QED) is 0.852. The highest BCUT2D eigenvalue weighted by molar-refractivity contribution is 5.91. The van der Waals surface area contributed by atoms with Crippen LogP contribution in [0, 0.1) is 0 Å². The molecule has 0 saturated heterocycles. The number of ketones is 1. The Bertz CT molecular complexity index is 588. The molecule has 2 nitrogen and oxygen atoms in total. The fraction of sp³-hybridized carbons (Fsp3) is 0.211. The van der Waals surface area contributed by atoms with Gasteiger partial charge in [0.15, 0.2) is 5.78 Å². The molecule has 0 atom stereocenters. The zero-order chi connectivity index (χ0) is 14.5. The predicted molar refractivity (Wildman–Crippen MR) is 82.9 cm³/mol. The van der Waals surface area contributed by atoms with Crippen LogP contribution in [0.2, 0.25) is 0 Å². The molecule has 2 aromatic rings. The van der Waals surface area contributed by atoms with Gasteiger partial charge in [0.25, 0.3) is 0 Å². The minimum atomic E-state index is -0.478. The van der Waals surface area contributed by atoms with E-state index in [4.69, 9.17) is 4.74 Å². The summed E-state index contributed by atoms with van der Waals surface area (Å²) in [4.78, 5) is 11.9. The van der Waals surface area contributed by atoms with Crippen molar-refractivity contribution in [3.05, 3.63) is 84.1 Å². The maximum Gasteiger partial charge on any atom is 0.162 e. The maximum absolute atomic E-state index is 11.9. The van der Waals surface area contributed by atoms with Gasteiger partial charge in [0.2, 0.25) is 0 Å². The smallest absolute Gasteiger partial charge is 0.162 e. The van der Waals surface area contributed by atoms with Crippen LogP contribution in [0.1, 0.15) is 17.5 Å². The van der Waals surface area contributed by atoms with Gasteiger partial charge in [-0.15, -0.1) is 0 Å². The van der Waals surface area contributed by atoms with E-state index < -0.39 is 5.60 Å². The Morgan fingerprint density at radius 1 is 0.857 bits per heavy atom. The van der Waals surface area contributed by atoms with Crippen LogP contribution >= 0.6 is 0 Å². The van der Waals surface area contributed by atoms with E-state index in [0.29, 0.717) is 6.42 Å². The van der Waals surface area contributed by atoms with E-state index in [9.17, 15) is 4.79 Å². The number of carbonyl (C=O) groups is 1. The Kier molecular flexibility index (Phi) is 3.87. The number of ether oxygens (including phenoxy) is 1. The molecular formula is C19H18O2. The molecule has 1 aliphatic heterocycles. The fourth-order valence-electron chi connectivity index (χ4n) is 2.88. The van der Waals surface area contributed by atoms with Crippen molar-refractivity contribution in [2.75, 3.05) is 0 Å². The summed E-state index contributed by atoms with van der Waals surface area (Å²) in [6.45, 7) is 0. The molecule has 2 aromatic carbocycles. The molecular weight excluding hydrogens is 260 g/mol. The molecule has 0 aromatic heterocycles. The molecule has 2 heteroatoms. The normalized spacial score (nSPS) is 16.5. The van der Waals surface area contributed by atoms with Gasteiger partial charge in [0.05, 0.1) is 12.7 Å². The average molecular weight is 278 g/mol. The van der Waals surface area contributed by atoms with Crippen molar-refractivity contribution in [3.8, 4) is 0 Å². The summed E-state index contributed by atoms with van der Waals surface area (Å²) in [5, 5.41) is 0. The first-order valence-corrected chi connectivity index (χ1v) is 7.21. The van der Waals surface area contributed by atoms with Gasteiger partial charge in [-0.2, -0.15) is 0 Å². The molecule has 1 heterocycles. The van der Waals surface area contributed by atoms with Gasteiger partial charge in [-0.05, 0) is 11.1 Å². The standard InChI is InChI=1S/C19H18O2/c20-18-11-12-21-19(15-18,13-16-7-3-1-4-8-16)14-17-9-5-2-6-10-17/h1-12H,13-15H2. The molecule has 106 valence electrons. The van der Waals surface area contributed by atoms with E-state index in [1.165, 1.54) is 17.2 Å². The molecule has 0 unspecified atom stereocenters. The number of hydrogen-bond acceptors (Lipinski definition) is 2. The number of allylic oxidation sites excluding steroid dienone is 1. The van der Waals surface area contributed by atoms with Gasteiger partial charge in [-0.1, -0.05) is 60.7 Å². The molecule has 0 spiro atoms. The zero-order valence-electron chi connectivity index (χ0n) is 11.9. The highest BCUT2D eigenvalue weighted by Crippen LogP contribution is 2.30. The van der Waals surface area contributed by atoms with E-state index >= 15 is 0 Å². The molecule has 0 fully saturated rings. The summed E-state index contributed by atoms with van der Waals surface area (Å²) >= 11 is 0. The van der Waals surface area contributed by atoms with Crippen molar-refractivity contribution in [1.82, 2.24) is 0 Å².